The van der Waals surface area contributed by atoms with Crippen molar-refractivity contribution >= 4 is 26.5 Å². The van der Waals surface area contributed by atoms with E-state index in [4.69, 9.17) is 0 Å². The summed E-state index contributed by atoms with van der Waals surface area (Å²) in [6, 6.07) is 13.5. The molecule has 2 heteroatoms. The molecule has 0 aliphatic carbocycles. The van der Waals surface area contributed by atoms with Crippen molar-refractivity contribution in [3.63, 3.8) is 0 Å². The van der Waals surface area contributed by atoms with E-state index in [0.717, 1.165) is 0 Å². The van der Waals surface area contributed by atoms with Gasteiger partial charge in [0, 0.05) is 0 Å². The number of hydrogen-bond donors (Lipinski definition) is 0. The Kier molecular flexibility index (Phi) is 5.00. The van der Waals surface area contributed by atoms with E-state index >= 15 is 0 Å². The first-order valence-electron chi connectivity index (χ1n) is 6.97. The Labute approximate surface area is 126 Å². The lowest BCUT2D eigenvalue weighted by molar-refractivity contribution is 1.43. The minimum absolute atomic E-state index is 0.0930. The Morgan fingerprint density at radius 3 is 1.25 bits per heavy atom. The fourth-order valence-corrected chi connectivity index (χ4v) is 4.94. The smallest absolute Gasteiger partial charge is 0.00688 e. The molecule has 0 atom stereocenters. The normalized spacial score (nSPS) is 11.4. The van der Waals surface area contributed by atoms with Crippen molar-refractivity contribution in [3.05, 3.63) is 47.5 Å². The molecule has 0 saturated heterocycles. The average molecular weight is 302 g/mol. The highest BCUT2D eigenvalue weighted by Crippen LogP contribution is 2.37. The first-order chi connectivity index (χ1) is 9.43. The van der Waals surface area contributed by atoms with Crippen LogP contribution in [0.4, 0.5) is 0 Å². The second-order valence-corrected chi connectivity index (χ2v) is 10.3. The lowest BCUT2D eigenvalue weighted by Gasteiger charge is -2.22. The first-order valence-corrected chi connectivity index (χ1v) is 11.4. The molecule has 0 spiro atoms. The van der Waals surface area contributed by atoms with Crippen molar-refractivity contribution < 1.29 is 0 Å². The summed E-state index contributed by atoms with van der Waals surface area (Å²) in [7, 11) is -0.186. The van der Waals surface area contributed by atoms with E-state index in [-0.39, 0.29) is 15.8 Å². The van der Waals surface area contributed by atoms with Crippen molar-refractivity contribution in [1.29, 1.82) is 0 Å². The quantitative estimate of drug-likeness (QED) is 0.721. The van der Waals surface area contributed by atoms with Crippen LogP contribution in [0.5, 0.6) is 0 Å². The zero-order valence-corrected chi connectivity index (χ0v) is 15.1. The molecule has 0 unspecified atom stereocenters. The van der Waals surface area contributed by atoms with Crippen molar-refractivity contribution in [2.24, 2.45) is 0 Å². The maximum Gasteiger partial charge on any atom is -0.00688 e. The standard InChI is InChI=1S/C18H24P2/c1-13-9-7-11-15(19(3)4)17(13)18-14(2)10-8-12-16(18)20(5)6/h7-12H,1-6H3. The molecule has 0 aliphatic heterocycles. The van der Waals surface area contributed by atoms with Crippen LogP contribution < -0.4 is 10.6 Å². The van der Waals surface area contributed by atoms with Crippen molar-refractivity contribution in [1.82, 2.24) is 0 Å². The van der Waals surface area contributed by atoms with Crippen LogP contribution in [0, 0.1) is 13.8 Å². The minimum atomic E-state index is -0.0930. The van der Waals surface area contributed by atoms with Gasteiger partial charge in [-0.3, -0.25) is 0 Å². The largest absolute Gasteiger partial charge is 0.0810 e. The molecule has 0 nitrogen and oxygen atoms in total. The lowest BCUT2D eigenvalue weighted by atomic mass is 9.96. The SMILES string of the molecule is Cc1cccc(P(C)C)c1-c1c(C)cccc1P(C)C. The van der Waals surface area contributed by atoms with Crippen molar-refractivity contribution in [2.75, 3.05) is 26.7 Å². The summed E-state index contributed by atoms with van der Waals surface area (Å²) >= 11 is 0. The molecule has 0 saturated carbocycles. The summed E-state index contributed by atoms with van der Waals surface area (Å²) in [5, 5.41) is 3.07. The fraction of sp³-hybridized carbons (Fsp3) is 0.333. The topological polar surface area (TPSA) is 0 Å². The van der Waals surface area contributed by atoms with E-state index in [2.05, 4.69) is 76.9 Å². The predicted octanol–water partition coefficient (Wildman–Crippen LogP) is 4.70. The van der Waals surface area contributed by atoms with Crippen LogP contribution in [0.15, 0.2) is 36.4 Å². The zero-order chi connectivity index (χ0) is 14.9. The molecule has 2 aromatic rings. The average Bonchev–Trinajstić information content (AvgIpc) is 2.38. The van der Waals surface area contributed by atoms with Gasteiger partial charge in [-0.15, -0.1) is 0 Å². The van der Waals surface area contributed by atoms with Gasteiger partial charge in [0.25, 0.3) is 0 Å². The van der Waals surface area contributed by atoms with E-state index in [1.165, 1.54) is 32.9 Å². The molecule has 0 fully saturated rings. The van der Waals surface area contributed by atoms with Gasteiger partial charge in [-0.25, -0.2) is 0 Å². The van der Waals surface area contributed by atoms with E-state index < -0.39 is 0 Å². The Hall–Kier alpha value is -0.700. The van der Waals surface area contributed by atoms with Crippen LogP contribution in [-0.4, -0.2) is 26.7 Å². The van der Waals surface area contributed by atoms with Gasteiger partial charge in [0.05, 0.1) is 0 Å². The van der Waals surface area contributed by atoms with Gasteiger partial charge in [-0.2, -0.15) is 0 Å². The van der Waals surface area contributed by atoms with Crippen LogP contribution in [0.3, 0.4) is 0 Å². The highest BCUT2D eigenvalue weighted by Gasteiger charge is 2.17. The van der Waals surface area contributed by atoms with Crippen molar-refractivity contribution in [2.45, 2.75) is 13.8 Å². The maximum atomic E-state index is 2.35. The zero-order valence-electron chi connectivity index (χ0n) is 13.4. The monoisotopic (exact) mass is 302 g/mol. The Bertz CT molecular complexity index is 557. The number of aryl methyl sites for hydroxylation is 2. The Morgan fingerprint density at radius 2 is 0.950 bits per heavy atom. The number of benzene rings is 2. The molecule has 0 bridgehead atoms. The third-order valence-corrected chi connectivity index (χ3v) is 6.39. The van der Waals surface area contributed by atoms with Crippen LogP contribution in [0.1, 0.15) is 11.1 Å². The molecule has 2 rings (SSSR count). The number of hydrogen-bond acceptors (Lipinski definition) is 0. The fourth-order valence-electron chi connectivity index (χ4n) is 2.70. The summed E-state index contributed by atoms with van der Waals surface area (Å²) in [5.41, 5.74) is 5.80. The van der Waals surface area contributed by atoms with Crippen LogP contribution in [0.25, 0.3) is 11.1 Å². The molecular formula is C18H24P2. The first kappa shape index (κ1) is 15.7. The molecule has 0 aliphatic rings. The van der Waals surface area contributed by atoms with Crippen molar-refractivity contribution in [3.8, 4) is 11.1 Å². The van der Waals surface area contributed by atoms with Gasteiger partial charge in [0.15, 0.2) is 0 Å². The van der Waals surface area contributed by atoms with Crippen LogP contribution >= 0.6 is 15.8 Å². The van der Waals surface area contributed by atoms with Crippen LogP contribution in [-0.2, 0) is 0 Å². The molecular weight excluding hydrogens is 278 g/mol. The van der Waals surface area contributed by atoms with Gasteiger partial charge in [0.1, 0.15) is 0 Å². The van der Waals surface area contributed by atoms with Gasteiger partial charge >= 0.3 is 0 Å². The second-order valence-electron chi connectivity index (χ2n) is 5.73. The third-order valence-electron chi connectivity index (χ3n) is 3.72. The third kappa shape index (κ3) is 2.98. The van der Waals surface area contributed by atoms with Gasteiger partial charge in [0.2, 0.25) is 0 Å². The summed E-state index contributed by atoms with van der Waals surface area (Å²) in [5.74, 6) is 0. The van der Waals surface area contributed by atoms with E-state index in [1.807, 2.05) is 0 Å². The highest BCUT2D eigenvalue weighted by atomic mass is 31.1. The molecule has 0 heterocycles. The summed E-state index contributed by atoms with van der Waals surface area (Å²) < 4.78 is 0. The van der Waals surface area contributed by atoms with Gasteiger partial charge in [-0.1, -0.05) is 52.2 Å². The highest BCUT2D eigenvalue weighted by molar-refractivity contribution is 7.65. The Balaban J connectivity index is 2.81. The second kappa shape index (κ2) is 6.38. The van der Waals surface area contributed by atoms with Gasteiger partial charge < -0.3 is 0 Å². The molecule has 2 aromatic carbocycles. The molecule has 20 heavy (non-hydrogen) atoms. The minimum Gasteiger partial charge on any atom is -0.0810 e. The molecule has 0 N–H and O–H groups in total. The van der Waals surface area contributed by atoms with E-state index in [0.29, 0.717) is 0 Å². The van der Waals surface area contributed by atoms with E-state index in [9.17, 15) is 0 Å². The summed E-state index contributed by atoms with van der Waals surface area (Å²) in [6.07, 6.45) is 0. The Morgan fingerprint density at radius 1 is 0.600 bits per heavy atom. The predicted molar refractivity (Wildman–Crippen MR) is 98.2 cm³/mol. The lowest BCUT2D eigenvalue weighted by Crippen LogP contribution is -2.14. The summed E-state index contributed by atoms with van der Waals surface area (Å²) in [4.78, 5) is 0. The summed E-state index contributed by atoms with van der Waals surface area (Å²) in [6.45, 7) is 13.9. The van der Waals surface area contributed by atoms with Gasteiger partial charge in [-0.05, 0) is 73.4 Å². The molecule has 106 valence electrons. The molecule has 0 aromatic heterocycles. The van der Waals surface area contributed by atoms with E-state index in [1.54, 1.807) is 0 Å². The number of rotatable bonds is 3. The van der Waals surface area contributed by atoms with Crippen LogP contribution in [0.2, 0.25) is 0 Å². The molecule has 0 radical (unpaired) electrons. The molecule has 0 amide bonds. The maximum absolute atomic E-state index is 2.35.